The molecule has 16 heteroatoms. The Labute approximate surface area is 314 Å². The van der Waals surface area contributed by atoms with Crippen LogP contribution in [0.15, 0.2) is 92.0 Å². The summed E-state index contributed by atoms with van der Waals surface area (Å²) in [5.74, 6) is 0. The van der Waals surface area contributed by atoms with Gasteiger partial charge >= 0.3 is 0 Å². The highest BCUT2D eigenvalue weighted by molar-refractivity contribution is 7.91. The third-order valence-corrected chi connectivity index (χ3v) is 16.1. The van der Waals surface area contributed by atoms with Gasteiger partial charge in [-0.25, -0.2) is 16.8 Å². The molecule has 4 atom stereocenters. The van der Waals surface area contributed by atoms with Crippen molar-refractivity contribution in [3.8, 4) is 0 Å². The lowest BCUT2D eigenvalue weighted by atomic mass is 9.96. The number of anilines is 2. The average molecular weight is 793 g/mol. The molecule has 2 aromatic carbocycles. The number of piperazine rings is 2. The smallest absolute Gasteiger partial charge is 0.252 e. The van der Waals surface area contributed by atoms with Crippen molar-refractivity contribution in [2.75, 3.05) is 62.3 Å². The second-order valence-electron chi connectivity index (χ2n) is 13.6. The minimum absolute atomic E-state index is 0.0303. The summed E-state index contributed by atoms with van der Waals surface area (Å²) < 4.78 is 54.6. The number of aliphatic hydroxyl groups excluding tert-OH is 2. The standard InChI is InChI=1S/2C18H24N2O4S2/c2*1-14-12-19(26(23,24)17-4-3-11-25-17)9-10-20(14)16-7-5-15(6-8-16)18(2,22)13-21/h2*3-8,11,14,21-22H,9-10,12-13H2,1-2H3/t14-,18+;14-,18-/m00/s1. The largest absolute Gasteiger partial charge is 0.393 e. The van der Waals surface area contributed by atoms with Crippen molar-refractivity contribution in [1.29, 1.82) is 0 Å². The Kier molecular flexibility index (Phi) is 12.6. The molecule has 52 heavy (non-hydrogen) atoms. The van der Waals surface area contributed by atoms with Crippen LogP contribution in [0.5, 0.6) is 0 Å². The predicted molar refractivity (Wildman–Crippen MR) is 206 cm³/mol. The first-order valence-electron chi connectivity index (χ1n) is 17.0. The Hall–Kier alpha value is -2.90. The Morgan fingerprint density at radius 3 is 1.23 bits per heavy atom. The van der Waals surface area contributed by atoms with Crippen molar-refractivity contribution in [3.63, 3.8) is 0 Å². The van der Waals surface area contributed by atoms with E-state index >= 15 is 0 Å². The first kappa shape index (κ1) is 40.3. The van der Waals surface area contributed by atoms with Crippen molar-refractivity contribution in [1.82, 2.24) is 8.61 Å². The van der Waals surface area contributed by atoms with Crippen LogP contribution in [-0.4, -0.2) is 110 Å². The van der Waals surface area contributed by atoms with Gasteiger partial charge in [0.2, 0.25) is 0 Å². The van der Waals surface area contributed by atoms with E-state index in [0.29, 0.717) is 58.8 Å². The second-order valence-corrected chi connectivity index (χ2v) is 19.9. The predicted octanol–water partition coefficient (Wildman–Crippen LogP) is 3.69. The third-order valence-electron chi connectivity index (χ3n) is 9.62. The maximum absolute atomic E-state index is 12.7. The van der Waals surface area contributed by atoms with Crippen LogP contribution in [0.25, 0.3) is 0 Å². The molecule has 2 aliphatic rings. The summed E-state index contributed by atoms with van der Waals surface area (Å²) >= 11 is 2.48. The molecule has 2 saturated heterocycles. The number of thiophene rings is 2. The van der Waals surface area contributed by atoms with Crippen molar-refractivity contribution in [2.24, 2.45) is 0 Å². The molecule has 0 unspecified atom stereocenters. The van der Waals surface area contributed by atoms with Crippen molar-refractivity contribution < 1.29 is 37.3 Å². The van der Waals surface area contributed by atoms with E-state index in [9.17, 15) is 37.3 Å². The van der Waals surface area contributed by atoms with Crippen LogP contribution in [0, 0.1) is 0 Å². The number of hydrogen-bond acceptors (Lipinski definition) is 12. The highest BCUT2D eigenvalue weighted by atomic mass is 32.3. The lowest BCUT2D eigenvalue weighted by Gasteiger charge is -2.40. The van der Waals surface area contributed by atoms with Crippen LogP contribution in [-0.2, 0) is 31.2 Å². The van der Waals surface area contributed by atoms with E-state index in [1.807, 2.05) is 38.1 Å². The highest BCUT2D eigenvalue weighted by Crippen LogP contribution is 2.30. The van der Waals surface area contributed by atoms with E-state index in [4.69, 9.17) is 0 Å². The molecule has 2 fully saturated rings. The van der Waals surface area contributed by atoms with E-state index in [-0.39, 0.29) is 25.3 Å². The number of nitrogens with zero attached hydrogens (tertiary/aromatic N) is 4. The first-order valence-corrected chi connectivity index (χ1v) is 21.6. The normalized spacial score (nSPS) is 21.5. The van der Waals surface area contributed by atoms with Crippen molar-refractivity contribution in [3.05, 3.63) is 94.7 Å². The molecule has 0 radical (unpaired) electrons. The summed E-state index contributed by atoms with van der Waals surface area (Å²) in [4.78, 5) is 4.33. The van der Waals surface area contributed by atoms with Crippen LogP contribution >= 0.6 is 22.7 Å². The number of hydrogen-bond donors (Lipinski definition) is 4. The summed E-state index contributed by atoms with van der Waals surface area (Å²) in [5.41, 5.74) is 0.715. The quantitative estimate of drug-likeness (QED) is 0.187. The fourth-order valence-corrected chi connectivity index (χ4v) is 11.6. The molecule has 284 valence electrons. The van der Waals surface area contributed by atoms with Gasteiger partial charge in [-0.05, 0) is 86.0 Å². The van der Waals surface area contributed by atoms with Crippen molar-refractivity contribution >= 4 is 54.1 Å². The van der Waals surface area contributed by atoms with Gasteiger partial charge in [0.25, 0.3) is 20.0 Å². The topological polar surface area (TPSA) is 162 Å². The lowest BCUT2D eigenvalue weighted by molar-refractivity contribution is -0.00239. The molecule has 0 saturated carbocycles. The fraction of sp³-hybridized carbons (Fsp3) is 0.444. The van der Waals surface area contributed by atoms with Gasteiger partial charge in [0, 0.05) is 62.7 Å². The Bertz CT molecular complexity index is 1810. The molecule has 2 aromatic heterocycles. The zero-order valence-electron chi connectivity index (χ0n) is 29.7. The maximum Gasteiger partial charge on any atom is 0.252 e. The number of aliphatic hydroxyl groups is 4. The summed E-state index contributed by atoms with van der Waals surface area (Å²) in [6.45, 7) is 9.38. The second kappa shape index (κ2) is 16.2. The first-order chi connectivity index (χ1) is 24.5. The van der Waals surface area contributed by atoms with E-state index in [2.05, 4.69) is 9.80 Å². The average Bonchev–Trinajstić information content (AvgIpc) is 3.89. The van der Waals surface area contributed by atoms with Gasteiger partial charge in [0.05, 0.1) is 13.2 Å². The van der Waals surface area contributed by atoms with E-state index in [0.717, 1.165) is 11.4 Å². The summed E-state index contributed by atoms with van der Waals surface area (Å²) in [5, 5.41) is 42.3. The minimum atomic E-state index is -3.42. The van der Waals surface area contributed by atoms with Gasteiger partial charge in [-0.2, -0.15) is 8.61 Å². The van der Waals surface area contributed by atoms with Gasteiger partial charge in [-0.1, -0.05) is 36.4 Å². The van der Waals surface area contributed by atoms with Gasteiger partial charge < -0.3 is 30.2 Å². The molecule has 2 aliphatic heterocycles. The molecule has 0 aliphatic carbocycles. The molecule has 0 amide bonds. The summed E-state index contributed by atoms with van der Waals surface area (Å²) in [6.07, 6.45) is 0. The Morgan fingerprint density at radius 2 is 0.962 bits per heavy atom. The van der Waals surface area contributed by atoms with E-state index < -0.39 is 31.2 Å². The van der Waals surface area contributed by atoms with Gasteiger partial charge in [-0.15, -0.1) is 22.7 Å². The molecule has 0 bridgehead atoms. The number of sulfonamides is 2. The Balaban J connectivity index is 0.000000201. The molecule has 4 N–H and O–H groups in total. The molecule has 0 spiro atoms. The van der Waals surface area contributed by atoms with E-state index in [1.165, 1.54) is 22.7 Å². The number of benzene rings is 2. The summed E-state index contributed by atoms with van der Waals surface area (Å²) in [7, 11) is -6.84. The lowest BCUT2D eigenvalue weighted by Crippen LogP contribution is -2.53. The molecule has 12 nitrogen and oxygen atoms in total. The summed E-state index contributed by atoms with van der Waals surface area (Å²) in [6, 6.07) is 21.6. The fourth-order valence-electron chi connectivity index (χ4n) is 6.33. The molecular weight excluding hydrogens is 745 g/mol. The highest BCUT2D eigenvalue weighted by Gasteiger charge is 2.35. The monoisotopic (exact) mass is 792 g/mol. The minimum Gasteiger partial charge on any atom is -0.393 e. The Morgan fingerprint density at radius 1 is 0.615 bits per heavy atom. The van der Waals surface area contributed by atoms with Gasteiger partial charge in [0.15, 0.2) is 0 Å². The zero-order chi connectivity index (χ0) is 37.9. The SMILES string of the molecule is C[C@H]1CN(S(=O)(=O)c2cccs2)CCN1c1ccc([C@@](C)(O)CO)cc1.C[C@H]1CN(S(=O)(=O)c2cccs2)CCN1c1ccc([C@](C)(O)CO)cc1. The zero-order valence-corrected chi connectivity index (χ0v) is 33.0. The van der Waals surface area contributed by atoms with Gasteiger partial charge in [0.1, 0.15) is 19.6 Å². The molecule has 4 heterocycles. The van der Waals surface area contributed by atoms with Crippen molar-refractivity contribution in [2.45, 2.75) is 59.4 Å². The molecular formula is C36H48N4O8S4. The maximum atomic E-state index is 12.7. The van der Waals surface area contributed by atoms with E-state index in [1.54, 1.807) is 81.7 Å². The number of rotatable bonds is 10. The molecule has 6 rings (SSSR count). The third kappa shape index (κ3) is 8.73. The van der Waals surface area contributed by atoms with Crippen LogP contribution in [0.1, 0.15) is 38.8 Å². The van der Waals surface area contributed by atoms with Crippen LogP contribution in [0.3, 0.4) is 0 Å². The van der Waals surface area contributed by atoms with Crippen LogP contribution in [0.2, 0.25) is 0 Å². The van der Waals surface area contributed by atoms with Crippen LogP contribution < -0.4 is 9.80 Å². The van der Waals surface area contributed by atoms with Gasteiger partial charge in [-0.3, -0.25) is 0 Å². The molecule has 4 aromatic rings. The van der Waals surface area contributed by atoms with Crippen LogP contribution in [0.4, 0.5) is 11.4 Å².